The fourth-order valence-electron chi connectivity index (χ4n) is 2.97. The predicted octanol–water partition coefficient (Wildman–Crippen LogP) is 3.88. The molecule has 1 N–H and O–H groups in total. The Kier molecular flexibility index (Phi) is 3.64. The van der Waals surface area contributed by atoms with Gasteiger partial charge in [-0.1, -0.05) is 18.2 Å². The maximum atomic E-state index is 12.7. The molecule has 2 aromatic carbocycles. The van der Waals surface area contributed by atoms with Gasteiger partial charge in [-0.2, -0.15) is 0 Å². The number of amides is 1. The fourth-order valence-corrected chi connectivity index (χ4v) is 2.97. The SMILES string of the molecule is Cc1cc(C)cc(NC(=O)C2(c3ccc([N+](=O)[O-])cc3)CC2)c1. The second-order valence-electron chi connectivity index (χ2n) is 6.22. The van der Waals surface area contributed by atoms with Crippen LogP contribution in [0.25, 0.3) is 0 Å². The van der Waals surface area contributed by atoms with Crippen LogP contribution in [0.5, 0.6) is 0 Å². The number of hydrogen-bond donors (Lipinski definition) is 1. The highest BCUT2D eigenvalue weighted by Gasteiger charge is 2.51. The average Bonchev–Trinajstić information content (AvgIpc) is 3.28. The van der Waals surface area contributed by atoms with Gasteiger partial charge >= 0.3 is 0 Å². The van der Waals surface area contributed by atoms with Crippen molar-refractivity contribution < 1.29 is 9.72 Å². The summed E-state index contributed by atoms with van der Waals surface area (Å²) in [6.45, 7) is 3.98. The Hall–Kier alpha value is -2.69. The van der Waals surface area contributed by atoms with Crippen LogP contribution in [0.3, 0.4) is 0 Å². The quantitative estimate of drug-likeness (QED) is 0.688. The van der Waals surface area contributed by atoms with E-state index in [1.54, 1.807) is 12.1 Å². The first-order chi connectivity index (χ1) is 10.9. The van der Waals surface area contributed by atoms with Crippen LogP contribution in [-0.4, -0.2) is 10.8 Å². The number of carbonyl (C=O) groups excluding carboxylic acids is 1. The third-order valence-corrected chi connectivity index (χ3v) is 4.29. The van der Waals surface area contributed by atoms with Crippen molar-refractivity contribution in [1.29, 1.82) is 0 Å². The second-order valence-corrected chi connectivity index (χ2v) is 6.22. The summed E-state index contributed by atoms with van der Waals surface area (Å²) in [6.07, 6.45) is 1.53. The molecule has 1 fully saturated rings. The van der Waals surface area contributed by atoms with E-state index in [0.717, 1.165) is 35.2 Å². The third kappa shape index (κ3) is 2.95. The molecule has 5 heteroatoms. The summed E-state index contributed by atoms with van der Waals surface area (Å²) < 4.78 is 0. The first kappa shape index (κ1) is 15.2. The monoisotopic (exact) mass is 310 g/mol. The van der Waals surface area contributed by atoms with Gasteiger partial charge in [0, 0.05) is 17.8 Å². The molecule has 1 saturated carbocycles. The summed E-state index contributed by atoms with van der Waals surface area (Å²) in [7, 11) is 0. The topological polar surface area (TPSA) is 72.2 Å². The van der Waals surface area contributed by atoms with Crippen LogP contribution in [0.15, 0.2) is 42.5 Å². The number of carbonyl (C=O) groups is 1. The van der Waals surface area contributed by atoms with Gasteiger partial charge in [-0.15, -0.1) is 0 Å². The van der Waals surface area contributed by atoms with Crippen LogP contribution < -0.4 is 5.32 Å². The minimum atomic E-state index is -0.549. The normalized spacial score (nSPS) is 15.0. The molecular formula is C18H18N2O3. The highest BCUT2D eigenvalue weighted by Crippen LogP contribution is 2.49. The number of aryl methyl sites for hydroxylation is 2. The molecule has 1 aliphatic carbocycles. The number of hydrogen-bond acceptors (Lipinski definition) is 3. The highest BCUT2D eigenvalue weighted by atomic mass is 16.6. The number of nitrogens with one attached hydrogen (secondary N) is 1. The molecule has 0 spiro atoms. The predicted molar refractivity (Wildman–Crippen MR) is 88.6 cm³/mol. The minimum absolute atomic E-state index is 0.0410. The number of non-ortho nitro benzene ring substituents is 1. The van der Waals surface area contributed by atoms with Gasteiger partial charge in [0.15, 0.2) is 0 Å². The number of anilines is 1. The van der Waals surface area contributed by atoms with E-state index in [2.05, 4.69) is 11.4 Å². The molecule has 0 aliphatic heterocycles. The van der Waals surface area contributed by atoms with E-state index >= 15 is 0 Å². The first-order valence-corrected chi connectivity index (χ1v) is 7.55. The van der Waals surface area contributed by atoms with E-state index in [9.17, 15) is 14.9 Å². The third-order valence-electron chi connectivity index (χ3n) is 4.29. The molecule has 0 saturated heterocycles. The smallest absolute Gasteiger partial charge is 0.269 e. The van der Waals surface area contributed by atoms with Crippen molar-refractivity contribution in [3.05, 3.63) is 69.3 Å². The zero-order valence-electron chi connectivity index (χ0n) is 13.1. The van der Waals surface area contributed by atoms with Gasteiger partial charge in [-0.25, -0.2) is 0 Å². The van der Waals surface area contributed by atoms with Gasteiger partial charge in [-0.3, -0.25) is 14.9 Å². The minimum Gasteiger partial charge on any atom is -0.325 e. The molecule has 0 radical (unpaired) electrons. The first-order valence-electron chi connectivity index (χ1n) is 7.55. The van der Waals surface area contributed by atoms with Gasteiger partial charge < -0.3 is 5.32 Å². The summed E-state index contributed by atoms with van der Waals surface area (Å²) in [5, 5.41) is 13.7. The largest absolute Gasteiger partial charge is 0.325 e. The second kappa shape index (κ2) is 5.50. The molecule has 0 unspecified atom stereocenters. The fraction of sp³-hybridized carbons (Fsp3) is 0.278. The summed E-state index contributed by atoms with van der Waals surface area (Å²) in [6, 6.07) is 12.2. The van der Waals surface area contributed by atoms with E-state index in [-0.39, 0.29) is 11.6 Å². The average molecular weight is 310 g/mol. The number of rotatable bonds is 4. The van der Waals surface area contributed by atoms with E-state index in [1.165, 1.54) is 12.1 Å². The molecular weight excluding hydrogens is 292 g/mol. The summed E-state index contributed by atoms with van der Waals surface area (Å²) >= 11 is 0. The van der Waals surface area contributed by atoms with Gasteiger partial charge in [0.05, 0.1) is 10.3 Å². The zero-order chi connectivity index (χ0) is 16.6. The molecule has 0 aromatic heterocycles. The Morgan fingerprint density at radius 3 is 2.13 bits per heavy atom. The Morgan fingerprint density at radius 2 is 1.65 bits per heavy atom. The number of nitrogens with zero attached hydrogens (tertiary/aromatic N) is 1. The highest BCUT2D eigenvalue weighted by molar-refractivity contribution is 6.01. The molecule has 3 rings (SSSR count). The lowest BCUT2D eigenvalue weighted by atomic mass is 9.94. The zero-order valence-corrected chi connectivity index (χ0v) is 13.1. The maximum absolute atomic E-state index is 12.7. The molecule has 0 heterocycles. The lowest BCUT2D eigenvalue weighted by molar-refractivity contribution is -0.384. The number of nitro benzene ring substituents is 1. The molecule has 5 nitrogen and oxygen atoms in total. The van der Waals surface area contributed by atoms with Crippen LogP contribution in [0.4, 0.5) is 11.4 Å². The van der Waals surface area contributed by atoms with Crippen molar-refractivity contribution in [1.82, 2.24) is 0 Å². The van der Waals surface area contributed by atoms with Crippen molar-refractivity contribution in [2.45, 2.75) is 32.1 Å². The number of nitro groups is 1. The van der Waals surface area contributed by atoms with Crippen molar-refractivity contribution in [2.75, 3.05) is 5.32 Å². The van der Waals surface area contributed by atoms with Crippen molar-refractivity contribution >= 4 is 17.3 Å². The van der Waals surface area contributed by atoms with Crippen LogP contribution in [0.1, 0.15) is 29.5 Å². The molecule has 2 aromatic rings. The van der Waals surface area contributed by atoms with Gasteiger partial charge in [-0.05, 0) is 55.5 Å². The van der Waals surface area contributed by atoms with Gasteiger partial charge in [0.2, 0.25) is 5.91 Å². The molecule has 23 heavy (non-hydrogen) atoms. The van der Waals surface area contributed by atoms with Crippen molar-refractivity contribution in [3.8, 4) is 0 Å². The lowest BCUT2D eigenvalue weighted by Crippen LogP contribution is -2.27. The summed E-state index contributed by atoms with van der Waals surface area (Å²) in [5.74, 6) is -0.0450. The summed E-state index contributed by atoms with van der Waals surface area (Å²) in [5.41, 5.74) is 3.32. The van der Waals surface area contributed by atoms with Crippen LogP contribution >= 0.6 is 0 Å². The van der Waals surface area contributed by atoms with Crippen LogP contribution in [0, 0.1) is 24.0 Å². The summed E-state index contributed by atoms with van der Waals surface area (Å²) in [4.78, 5) is 23.0. The Labute approximate surface area is 134 Å². The van der Waals surface area contributed by atoms with Crippen LogP contribution in [-0.2, 0) is 10.2 Å². The van der Waals surface area contributed by atoms with E-state index < -0.39 is 10.3 Å². The van der Waals surface area contributed by atoms with Crippen molar-refractivity contribution in [3.63, 3.8) is 0 Å². The van der Waals surface area contributed by atoms with Crippen molar-refractivity contribution in [2.24, 2.45) is 0 Å². The van der Waals surface area contributed by atoms with E-state index in [1.807, 2.05) is 26.0 Å². The van der Waals surface area contributed by atoms with Crippen LogP contribution in [0.2, 0.25) is 0 Å². The standard InChI is InChI=1S/C18H18N2O3/c1-12-9-13(2)11-15(10-12)19-17(21)18(7-8-18)14-3-5-16(6-4-14)20(22)23/h3-6,9-11H,7-8H2,1-2H3,(H,19,21). The maximum Gasteiger partial charge on any atom is 0.269 e. The van der Waals surface area contributed by atoms with E-state index in [0.29, 0.717) is 0 Å². The molecule has 1 amide bonds. The lowest BCUT2D eigenvalue weighted by Gasteiger charge is -2.16. The Morgan fingerprint density at radius 1 is 1.09 bits per heavy atom. The molecule has 1 aliphatic rings. The van der Waals surface area contributed by atoms with Gasteiger partial charge in [0.1, 0.15) is 0 Å². The molecule has 118 valence electrons. The van der Waals surface area contributed by atoms with E-state index in [4.69, 9.17) is 0 Å². The molecule has 0 atom stereocenters. The molecule has 0 bridgehead atoms. The Bertz CT molecular complexity index is 757. The Balaban J connectivity index is 1.82. The van der Waals surface area contributed by atoms with Gasteiger partial charge in [0.25, 0.3) is 5.69 Å². The number of benzene rings is 2.